The third-order valence-electron chi connectivity index (χ3n) is 4.77. The fraction of sp³-hybridized carbons (Fsp3) is 0.364. The molecule has 0 aliphatic carbocycles. The van der Waals surface area contributed by atoms with Gasteiger partial charge in [0.15, 0.2) is 0 Å². The van der Waals surface area contributed by atoms with E-state index in [0.717, 1.165) is 41.7 Å². The number of nitrogens with one attached hydrogen (secondary N) is 1. The van der Waals surface area contributed by atoms with E-state index in [4.69, 9.17) is 4.74 Å². The maximum atomic E-state index is 12.8. The average molecular weight is 445 g/mol. The zero-order valence-electron chi connectivity index (χ0n) is 16.0. The van der Waals surface area contributed by atoms with Crippen molar-refractivity contribution in [2.75, 3.05) is 25.0 Å². The van der Waals surface area contributed by atoms with Gasteiger partial charge in [0.2, 0.25) is 5.91 Å². The van der Waals surface area contributed by atoms with E-state index in [1.54, 1.807) is 6.07 Å². The minimum absolute atomic E-state index is 0.00510. The summed E-state index contributed by atoms with van der Waals surface area (Å²) in [5, 5.41) is 2.94. The highest BCUT2D eigenvalue weighted by atomic mass is 79.9. The molecule has 0 spiro atoms. The quantitative estimate of drug-likeness (QED) is 0.624. The number of nitrogens with zero attached hydrogens (tertiary/aromatic N) is 1. The number of carbonyl (C=O) groups is 2. The van der Waals surface area contributed by atoms with Crippen LogP contribution in [0.4, 0.5) is 5.69 Å². The lowest BCUT2D eigenvalue weighted by atomic mass is 10.1. The van der Waals surface area contributed by atoms with Gasteiger partial charge in [-0.05, 0) is 56.0 Å². The molecule has 2 aromatic rings. The summed E-state index contributed by atoms with van der Waals surface area (Å²) >= 11 is 3.41. The summed E-state index contributed by atoms with van der Waals surface area (Å²) in [6.45, 7) is 3.93. The van der Waals surface area contributed by atoms with Crippen LogP contribution in [-0.4, -0.2) is 36.4 Å². The molecule has 6 heteroatoms. The Morgan fingerprint density at radius 1 is 1.14 bits per heavy atom. The van der Waals surface area contributed by atoms with Crippen LogP contribution in [0, 0.1) is 6.92 Å². The van der Waals surface area contributed by atoms with E-state index >= 15 is 0 Å². The van der Waals surface area contributed by atoms with Gasteiger partial charge < -0.3 is 15.0 Å². The predicted octanol–water partition coefficient (Wildman–Crippen LogP) is 4.79. The molecular weight excluding hydrogens is 420 g/mol. The Balaban J connectivity index is 1.55. The average Bonchev–Trinajstić information content (AvgIpc) is 3.21. The number of hydrogen-bond donors (Lipinski definition) is 1. The first-order valence-corrected chi connectivity index (χ1v) is 10.4. The van der Waals surface area contributed by atoms with Crippen LogP contribution in [0.15, 0.2) is 46.9 Å². The van der Waals surface area contributed by atoms with Crippen molar-refractivity contribution in [3.8, 4) is 5.75 Å². The number of ether oxygens (including phenoxy) is 1. The molecular formula is C22H25BrN2O3. The van der Waals surface area contributed by atoms with Crippen LogP contribution in [0.25, 0.3) is 0 Å². The van der Waals surface area contributed by atoms with E-state index in [0.29, 0.717) is 30.7 Å². The molecule has 148 valence electrons. The number of benzene rings is 2. The lowest BCUT2D eigenvalue weighted by molar-refractivity contribution is -0.116. The monoisotopic (exact) mass is 444 g/mol. The lowest BCUT2D eigenvalue weighted by Crippen LogP contribution is -2.29. The summed E-state index contributed by atoms with van der Waals surface area (Å²) in [5.74, 6) is 0.657. The molecule has 1 heterocycles. The molecule has 0 bridgehead atoms. The van der Waals surface area contributed by atoms with Gasteiger partial charge in [0.1, 0.15) is 5.75 Å². The molecule has 0 saturated carbocycles. The van der Waals surface area contributed by atoms with E-state index in [-0.39, 0.29) is 11.8 Å². The Labute approximate surface area is 174 Å². The zero-order chi connectivity index (χ0) is 19.9. The molecule has 0 atom stereocenters. The van der Waals surface area contributed by atoms with Crippen molar-refractivity contribution >= 4 is 33.4 Å². The molecule has 1 N–H and O–H groups in total. The van der Waals surface area contributed by atoms with Crippen molar-refractivity contribution < 1.29 is 14.3 Å². The zero-order valence-corrected chi connectivity index (χ0v) is 17.6. The fourth-order valence-electron chi connectivity index (χ4n) is 3.28. The topological polar surface area (TPSA) is 58.6 Å². The third kappa shape index (κ3) is 5.35. The smallest absolute Gasteiger partial charge is 0.255 e. The second-order valence-electron chi connectivity index (χ2n) is 6.95. The second-order valence-corrected chi connectivity index (χ2v) is 7.87. The predicted molar refractivity (Wildman–Crippen MR) is 114 cm³/mol. The van der Waals surface area contributed by atoms with Crippen LogP contribution in [0.2, 0.25) is 0 Å². The molecule has 0 aromatic heterocycles. The molecule has 1 aliphatic rings. The van der Waals surface area contributed by atoms with Crippen molar-refractivity contribution in [2.45, 2.75) is 32.6 Å². The Hall–Kier alpha value is -2.34. The number of likely N-dealkylation sites (tertiary alicyclic amines) is 1. The number of hydrogen-bond acceptors (Lipinski definition) is 3. The summed E-state index contributed by atoms with van der Waals surface area (Å²) in [4.78, 5) is 27.1. The van der Waals surface area contributed by atoms with Crippen molar-refractivity contribution in [3.05, 3.63) is 58.1 Å². The largest absolute Gasteiger partial charge is 0.494 e. The van der Waals surface area contributed by atoms with Crippen LogP contribution in [0.5, 0.6) is 5.75 Å². The number of aryl methyl sites for hydroxylation is 1. The first-order valence-electron chi connectivity index (χ1n) is 9.62. The molecule has 0 unspecified atom stereocenters. The number of anilines is 1. The fourth-order valence-corrected chi connectivity index (χ4v) is 3.66. The van der Waals surface area contributed by atoms with Crippen molar-refractivity contribution in [1.82, 2.24) is 4.90 Å². The highest BCUT2D eigenvalue weighted by molar-refractivity contribution is 9.10. The Morgan fingerprint density at radius 2 is 1.89 bits per heavy atom. The van der Waals surface area contributed by atoms with Gasteiger partial charge in [-0.3, -0.25) is 9.59 Å². The van der Waals surface area contributed by atoms with Crippen LogP contribution in [-0.2, 0) is 4.79 Å². The third-order valence-corrected chi connectivity index (χ3v) is 5.27. The molecule has 2 amide bonds. The van der Waals surface area contributed by atoms with E-state index in [2.05, 4.69) is 21.2 Å². The molecule has 1 fully saturated rings. The van der Waals surface area contributed by atoms with Gasteiger partial charge in [0.25, 0.3) is 5.91 Å². The maximum absolute atomic E-state index is 12.8. The Kier molecular flexibility index (Phi) is 7.09. The van der Waals surface area contributed by atoms with E-state index < -0.39 is 0 Å². The van der Waals surface area contributed by atoms with Gasteiger partial charge >= 0.3 is 0 Å². The van der Waals surface area contributed by atoms with Gasteiger partial charge in [-0.1, -0.05) is 34.1 Å². The first-order chi connectivity index (χ1) is 13.5. The molecule has 3 rings (SSSR count). The normalized spacial score (nSPS) is 13.4. The molecule has 28 heavy (non-hydrogen) atoms. The van der Waals surface area contributed by atoms with Gasteiger partial charge in [0, 0.05) is 24.0 Å². The number of amides is 2. The van der Waals surface area contributed by atoms with Crippen molar-refractivity contribution in [3.63, 3.8) is 0 Å². The second kappa shape index (κ2) is 9.73. The summed E-state index contributed by atoms with van der Waals surface area (Å²) in [6.07, 6.45) is 3.01. The van der Waals surface area contributed by atoms with Gasteiger partial charge in [-0.2, -0.15) is 0 Å². The first kappa shape index (κ1) is 20.4. The van der Waals surface area contributed by atoms with E-state index in [9.17, 15) is 9.59 Å². The molecule has 1 aliphatic heterocycles. The summed E-state index contributed by atoms with van der Waals surface area (Å²) < 4.78 is 6.63. The summed E-state index contributed by atoms with van der Waals surface area (Å²) in [5.41, 5.74) is 2.08. The number of para-hydroxylation sites is 1. The molecule has 0 radical (unpaired) electrons. The van der Waals surface area contributed by atoms with E-state index in [1.165, 1.54) is 0 Å². The number of rotatable bonds is 7. The van der Waals surface area contributed by atoms with Crippen LogP contribution in [0.1, 0.15) is 41.6 Å². The van der Waals surface area contributed by atoms with Gasteiger partial charge in [0.05, 0.1) is 17.9 Å². The summed E-state index contributed by atoms with van der Waals surface area (Å²) in [6, 6.07) is 13.2. The van der Waals surface area contributed by atoms with Crippen LogP contribution >= 0.6 is 15.9 Å². The Morgan fingerprint density at radius 3 is 2.64 bits per heavy atom. The molecule has 5 nitrogen and oxygen atoms in total. The molecule has 2 aromatic carbocycles. The number of halogens is 1. The lowest BCUT2D eigenvalue weighted by Gasteiger charge is -2.19. The van der Waals surface area contributed by atoms with Gasteiger partial charge in [-0.15, -0.1) is 0 Å². The minimum Gasteiger partial charge on any atom is -0.494 e. The van der Waals surface area contributed by atoms with E-state index in [1.807, 2.05) is 48.2 Å². The van der Waals surface area contributed by atoms with Crippen molar-refractivity contribution in [1.29, 1.82) is 0 Å². The maximum Gasteiger partial charge on any atom is 0.255 e. The molecule has 1 saturated heterocycles. The number of carbonyl (C=O) groups excluding carboxylic acids is 2. The SMILES string of the molecule is Cc1cccc(C(=O)N2CCCC2)c1NC(=O)CCCOc1cccc(Br)c1. The summed E-state index contributed by atoms with van der Waals surface area (Å²) in [7, 11) is 0. The van der Waals surface area contributed by atoms with Crippen molar-refractivity contribution in [2.24, 2.45) is 0 Å². The van der Waals surface area contributed by atoms with Crippen LogP contribution in [0.3, 0.4) is 0 Å². The highest BCUT2D eigenvalue weighted by Gasteiger charge is 2.23. The Bertz CT molecular complexity index is 847. The van der Waals surface area contributed by atoms with Gasteiger partial charge in [-0.25, -0.2) is 0 Å². The highest BCUT2D eigenvalue weighted by Crippen LogP contribution is 2.24. The minimum atomic E-state index is -0.109. The van der Waals surface area contributed by atoms with Crippen LogP contribution < -0.4 is 10.1 Å². The standard InChI is InChI=1S/C22H25BrN2O3/c1-16-7-4-10-19(22(27)25-12-2-3-13-25)21(16)24-20(26)11-6-14-28-18-9-5-8-17(23)15-18/h4-5,7-10,15H,2-3,6,11-14H2,1H3,(H,24,26).